The zero-order valence-corrected chi connectivity index (χ0v) is 12.7. The number of carbonyl (C=O) groups is 1. The summed E-state index contributed by atoms with van der Waals surface area (Å²) in [6.45, 7) is 6.11. The zero-order chi connectivity index (χ0) is 15.1. The molecule has 1 aliphatic rings. The second-order valence-electron chi connectivity index (χ2n) is 5.93. The van der Waals surface area contributed by atoms with Crippen molar-refractivity contribution in [2.24, 2.45) is 0 Å². The molecule has 2 aromatic rings. The van der Waals surface area contributed by atoms with Crippen molar-refractivity contribution in [1.82, 2.24) is 0 Å². The van der Waals surface area contributed by atoms with Crippen molar-refractivity contribution in [2.45, 2.75) is 33.2 Å². The third kappa shape index (κ3) is 2.29. The molecule has 0 fully saturated rings. The number of benzene rings is 2. The van der Waals surface area contributed by atoms with Crippen molar-refractivity contribution >= 4 is 17.3 Å². The minimum atomic E-state index is 0.0727. The number of nitrogen functional groups attached to an aromatic ring is 1. The maximum atomic E-state index is 12.9. The Morgan fingerprint density at radius 1 is 1.19 bits per heavy atom. The van der Waals surface area contributed by atoms with Crippen molar-refractivity contribution in [3.8, 4) is 0 Å². The van der Waals surface area contributed by atoms with Gasteiger partial charge < -0.3 is 10.6 Å². The standard InChI is InChI=1S/C18H20N2O/c1-11-4-6-16(12(2)8-11)18(21)20-13(3)9-14-10-15(19)5-7-17(14)20/h4-8,10,13H,9,19H2,1-3H3. The Balaban J connectivity index is 2.03. The molecule has 0 aliphatic carbocycles. The summed E-state index contributed by atoms with van der Waals surface area (Å²) in [7, 11) is 0. The summed E-state index contributed by atoms with van der Waals surface area (Å²) in [5, 5.41) is 0. The minimum absolute atomic E-state index is 0.0727. The first-order valence-electron chi connectivity index (χ1n) is 7.26. The van der Waals surface area contributed by atoms with Gasteiger partial charge in [0.05, 0.1) is 0 Å². The molecule has 108 valence electrons. The molecule has 0 bridgehead atoms. The summed E-state index contributed by atoms with van der Waals surface area (Å²) in [4.78, 5) is 14.8. The van der Waals surface area contributed by atoms with Crippen LogP contribution in [0.5, 0.6) is 0 Å². The van der Waals surface area contributed by atoms with Crippen LogP contribution >= 0.6 is 0 Å². The quantitative estimate of drug-likeness (QED) is 0.813. The first-order chi connectivity index (χ1) is 9.97. The number of fused-ring (bicyclic) bond motifs is 1. The minimum Gasteiger partial charge on any atom is -0.399 e. The largest absolute Gasteiger partial charge is 0.399 e. The fourth-order valence-corrected chi connectivity index (χ4v) is 3.14. The van der Waals surface area contributed by atoms with E-state index in [0.717, 1.165) is 34.5 Å². The molecule has 1 amide bonds. The molecule has 1 unspecified atom stereocenters. The van der Waals surface area contributed by atoms with Gasteiger partial charge in [-0.2, -0.15) is 0 Å². The molecule has 0 radical (unpaired) electrons. The number of carbonyl (C=O) groups excluding carboxylic acids is 1. The Bertz CT molecular complexity index is 721. The molecule has 21 heavy (non-hydrogen) atoms. The first-order valence-corrected chi connectivity index (χ1v) is 7.26. The fourth-order valence-electron chi connectivity index (χ4n) is 3.14. The predicted octanol–water partition coefficient (Wildman–Crippen LogP) is 3.48. The van der Waals surface area contributed by atoms with Crippen LogP contribution in [0, 0.1) is 13.8 Å². The maximum absolute atomic E-state index is 12.9. The second kappa shape index (κ2) is 4.92. The smallest absolute Gasteiger partial charge is 0.258 e. The number of amides is 1. The Morgan fingerprint density at radius 3 is 2.67 bits per heavy atom. The molecule has 1 atom stereocenters. The van der Waals surface area contributed by atoms with Gasteiger partial charge in [-0.1, -0.05) is 17.7 Å². The van der Waals surface area contributed by atoms with E-state index in [4.69, 9.17) is 5.73 Å². The Morgan fingerprint density at radius 2 is 1.95 bits per heavy atom. The molecule has 0 saturated heterocycles. The molecule has 1 aliphatic heterocycles. The molecule has 2 aromatic carbocycles. The molecule has 0 saturated carbocycles. The van der Waals surface area contributed by atoms with Gasteiger partial charge in [0.2, 0.25) is 0 Å². The summed E-state index contributed by atoms with van der Waals surface area (Å²) in [5.74, 6) is 0.0727. The highest BCUT2D eigenvalue weighted by Gasteiger charge is 2.32. The zero-order valence-electron chi connectivity index (χ0n) is 12.7. The Kier molecular flexibility index (Phi) is 3.20. The molecular formula is C18H20N2O. The number of nitrogens with two attached hydrogens (primary N) is 1. The second-order valence-corrected chi connectivity index (χ2v) is 5.93. The van der Waals surface area contributed by atoms with E-state index in [9.17, 15) is 4.79 Å². The molecule has 0 aromatic heterocycles. The molecule has 2 N–H and O–H groups in total. The average Bonchev–Trinajstić information content (AvgIpc) is 2.73. The fraction of sp³-hybridized carbons (Fsp3) is 0.278. The summed E-state index contributed by atoms with van der Waals surface area (Å²) >= 11 is 0. The van der Waals surface area contributed by atoms with Gasteiger partial charge in [-0.25, -0.2) is 0 Å². The number of nitrogens with zero attached hydrogens (tertiary/aromatic N) is 1. The predicted molar refractivity (Wildman–Crippen MR) is 86.7 cm³/mol. The lowest BCUT2D eigenvalue weighted by Gasteiger charge is -2.23. The van der Waals surface area contributed by atoms with Crippen molar-refractivity contribution < 1.29 is 4.79 Å². The Labute approximate surface area is 125 Å². The van der Waals surface area contributed by atoms with E-state index in [1.807, 2.05) is 49.1 Å². The van der Waals surface area contributed by atoms with Crippen molar-refractivity contribution in [2.75, 3.05) is 10.6 Å². The summed E-state index contributed by atoms with van der Waals surface area (Å²) < 4.78 is 0. The van der Waals surface area contributed by atoms with Crippen LogP contribution in [0.3, 0.4) is 0 Å². The van der Waals surface area contributed by atoms with Crippen LogP contribution in [-0.4, -0.2) is 11.9 Å². The molecule has 1 heterocycles. The van der Waals surface area contributed by atoms with E-state index in [1.54, 1.807) is 0 Å². The highest BCUT2D eigenvalue weighted by atomic mass is 16.2. The van der Waals surface area contributed by atoms with E-state index in [2.05, 4.69) is 13.0 Å². The highest BCUT2D eigenvalue weighted by Crippen LogP contribution is 2.35. The van der Waals surface area contributed by atoms with Gasteiger partial charge in [0.25, 0.3) is 5.91 Å². The number of hydrogen-bond acceptors (Lipinski definition) is 2. The van der Waals surface area contributed by atoms with Gasteiger partial charge in [0, 0.05) is 23.0 Å². The third-order valence-corrected chi connectivity index (χ3v) is 4.15. The molecular weight excluding hydrogens is 260 g/mol. The SMILES string of the molecule is Cc1ccc(C(=O)N2c3ccc(N)cc3CC2C)c(C)c1. The van der Waals surface area contributed by atoms with Crippen molar-refractivity contribution in [1.29, 1.82) is 0 Å². The number of hydrogen-bond donors (Lipinski definition) is 1. The normalized spacial score (nSPS) is 16.9. The van der Waals surface area contributed by atoms with E-state index in [0.29, 0.717) is 0 Å². The molecule has 3 nitrogen and oxygen atoms in total. The van der Waals surface area contributed by atoms with Gasteiger partial charge in [0.1, 0.15) is 0 Å². The van der Waals surface area contributed by atoms with Gasteiger partial charge in [-0.15, -0.1) is 0 Å². The third-order valence-electron chi connectivity index (χ3n) is 4.15. The van der Waals surface area contributed by atoms with E-state index >= 15 is 0 Å². The van der Waals surface area contributed by atoms with Crippen molar-refractivity contribution in [3.05, 3.63) is 58.7 Å². The first kappa shape index (κ1) is 13.7. The summed E-state index contributed by atoms with van der Waals surface area (Å²) in [6, 6.07) is 11.9. The maximum Gasteiger partial charge on any atom is 0.258 e. The highest BCUT2D eigenvalue weighted by molar-refractivity contribution is 6.08. The van der Waals surface area contributed by atoms with E-state index < -0.39 is 0 Å². The van der Waals surface area contributed by atoms with Crippen LogP contribution in [0.15, 0.2) is 36.4 Å². The van der Waals surface area contributed by atoms with Gasteiger partial charge in [-0.3, -0.25) is 4.79 Å². The van der Waals surface area contributed by atoms with Gasteiger partial charge in [0.15, 0.2) is 0 Å². The van der Waals surface area contributed by atoms with Crippen LogP contribution in [0.25, 0.3) is 0 Å². The topological polar surface area (TPSA) is 46.3 Å². The molecule has 3 rings (SSSR count). The molecule has 3 heteroatoms. The number of aryl methyl sites for hydroxylation is 2. The van der Waals surface area contributed by atoms with Crippen LogP contribution in [0.4, 0.5) is 11.4 Å². The number of rotatable bonds is 1. The van der Waals surface area contributed by atoms with Gasteiger partial charge in [-0.05, 0) is 62.6 Å². The lowest BCUT2D eigenvalue weighted by Crippen LogP contribution is -2.36. The van der Waals surface area contributed by atoms with Crippen LogP contribution in [-0.2, 0) is 6.42 Å². The Hall–Kier alpha value is -2.29. The lowest BCUT2D eigenvalue weighted by atomic mass is 10.0. The van der Waals surface area contributed by atoms with E-state index in [1.165, 1.54) is 5.56 Å². The van der Waals surface area contributed by atoms with Crippen LogP contribution in [0.1, 0.15) is 34.0 Å². The van der Waals surface area contributed by atoms with Crippen LogP contribution < -0.4 is 10.6 Å². The molecule has 0 spiro atoms. The average molecular weight is 280 g/mol. The summed E-state index contributed by atoms with van der Waals surface area (Å²) in [5.41, 5.74) is 11.7. The summed E-state index contributed by atoms with van der Waals surface area (Å²) in [6.07, 6.45) is 0.858. The van der Waals surface area contributed by atoms with Crippen molar-refractivity contribution in [3.63, 3.8) is 0 Å². The number of anilines is 2. The van der Waals surface area contributed by atoms with Crippen LogP contribution in [0.2, 0.25) is 0 Å². The van der Waals surface area contributed by atoms with Gasteiger partial charge >= 0.3 is 0 Å². The lowest BCUT2D eigenvalue weighted by molar-refractivity contribution is 0.0981. The monoisotopic (exact) mass is 280 g/mol. The van der Waals surface area contributed by atoms with E-state index in [-0.39, 0.29) is 11.9 Å².